The molecule has 0 aliphatic carbocycles. The number of hydrogen-bond donors (Lipinski definition) is 1. The first-order chi connectivity index (χ1) is 11.2. The molecule has 0 unspecified atom stereocenters. The van der Waals surface area contributed by atoms with Gasteiger partial charge in [-0.2, -0.15) is 4.98 Å². The van der Waals surface area contributed by atoms with Gasteiger partial charge >= 0.3 is 0 Å². The zero-order valence-corrected chi connectivity index (χ0v) is 12.9. The van der Waals surface area contributed by atoms with Crippen molar-refractivity contribution in [1.82, 2.24) is 24.5 Å². The van der Waals surface area contributed by atoms with Crippen LogP contribution in [0.4, 0.5) is 5.95 Å². The van der Waals surface area contributed by atoms with Crippen LogP contribution < -0.4 is 5.73 Å². The molecule has 0 spiro atoms. The maximum absolute atomic E-state index is 5.97. The lowest BCUT2D eigenvalue weighted by Gasteiger charge is -2.24. The van der Waals surface area contributed by atoms with Gasteiger partial charge in [0.15, 0.2) is 5.65 Å². The van der Waals surface area contributed by atoms with Crippen LogP contribution in [0.25, 0.3) is 22.4 Å². The number of hydrogen-bond acceptors (Lipinski definition) is 6. The number of fused-ring (bicyclic) bond motifs is 1. The van der Waals surface area contributed by atoms with E-state index in [1.54, 1.807) is 12.4 Å². The molecular formula is C16H18N6O. The number of anilines is 1. The largest absolute Gasteiger partial charge is 0.381 e. The van der Waals surface area contributed by atoms with Gasteiger partial charge in [-0.25, -0.2) is 9.97 Å². The monoisotopic (exact) mass is 310 g/mol. The lowest BCUT2D eigenvalue weighted by atomic mass is 10.1. The summed E-state index contributed by atoms with van der Waals surface area (Å²) in [5.74, 6) is 1.19. The fourth-order valence-electron chi connectivity index (χ4n) is 3.19. The average molecular weight is 310 g/mol. The number of nitrogens with two attached hydrogens (primary N) is 1. The van der Waals surface area contributed by atoms with E-state index >= 15 is 0 Å². The first-order valence-electron chi connectivity index (χ1n) is 7.74. The molecule has 0 atom stereocenters. The van der Waals surface area contributed by atoms with Crippen LogP contribution in [0.3, 0.4) is 0 Å². The van der Waals surface area contributed by atoms with E-state index in [2.05, 4.69) is 19.5 Å². The van der Waals surface area contributed by atoms with Crippen molar-refractivity contribution in [2.75, 3.05) is 18.9 Å². The number of rotatable bonds is 2. The van der Waals surface area contributed by atoms with Crippen molar-refractivity contribution in [2.45, 2.75) is 25.8 Å². The molecule has 0 amide bonds. The van der Waals surface area contributed by atoms with Crippen LogP contribution in [0.5, 0.6) is 0 Å². The third kappa shape index (κ3) is 2.43. The van der Waals surface area contributed by atoms with Crippen molar-refractivity contribution >= 4 is 17.1 Å². The molecule has 0 aromatic carbocycles. The smallest absolute Gasteiger partial charge is 0.222 e. The van der Waals surface area contributed by atoms with Crippen molar-refractivity contribution in [3.05, 3.63) is 30.4 Å². The number of pyridine rings is 1. The van der Waals surface area contributed by atoms with E-state index < -0.39 is 0 Å². The summed E-state index contributed by atoms with van der Waals surface area (Å²) in [6.07, 6.45) is 5.39. The minimum absolute atomic E-state index is 0.262. The lowest BCUT2D eigenvalue weighted by Crippen LogP contribution is -2.20. The number of nitrogen functional groups attached to an aromatic ring is 1. The Morgan fingerprint density at radius 3 is 2.61 bits per heavy atom. The highest BCUT2D eigenvalue weighted by atomic mass is 16.5. The van der Waals surface area contributed by atoms with Gasteiger partial charge in [0, 0.05) is 37.2 Å². The predicted molar refractivity (Wildman–Crippen MR) is 86.8 cm³/mol. The zero-order chi connectivity index (χ0) is 15.8. The Balaban J connectivity index is 1.93. The van der Waals surface area contributed by atoms with E-state index in [9.17, 15) is 0 Å². The fourth-order valence-corrected chi connectivity index (χ4v) is 3.19. The van der Waals surface area contributed by atoms with E-state index in [0.29, 0.717) is 6.04 Å². The van der Waals surface area contributed by atoms with E-state index in [0.717, 1.165) is 54.3 Å². The minimum Gasteiger partial charge on any atom is -0.381 e. The molecule has 3 aromatic heterocycles. The molecule has 118 valence electrons. The summed E-state index contributed by atoms with van der Waals surface area (Å²) in [6.45, 7) is 3.53. The standard InChI is InChI=1S/C16H18N6O/c1-10-19-14-13(11-2-6-18-7-3-11)20-16(17)21-15(14)22(10)12-4-8-23-9-5-12/h2-3,6-7,12H,4-5,8-9H2,1H3,(H2,17,20,21). The molecule has 4 rings (SSSR count). The SMILES string of the molecule is Cc1nc2c(-c3ccncc3)nc(N)nc2n1C1CCOCC1. The molecule has 2 N–H and O–H groups in total. The first-order valence-corrected chi connectivity index (χ1v) is 7.74. The third-order valence-electron chi connectivity index (χ3n) is 4.24. The maximum atomic E-state index is 5.97. The number of imidazole rings is 1. The molecule has 1 saturated heterocycles. The molecule has 1 fully saturated rings. The van der Waals surface area contributed by atoms with Crippen molar-refractivity contribution in [3.63, 3.8) is 0 Å². The molecule has 0 bridgehead atoms. The summed E-state index contributed by atoms with van der Waals surface area (Å²) in [5.41, 5.74) is 9.25. The van der Waals surface area contributed by atoms with Crippen molar-refractivity contribution in [2.24, 2.45) is 0 Å². The highest BCUT2D eigenvalue weighted by Crippen LogP contribution is 2.31. The van der Waals surface area contributed by atoms with Gasteiger partial charge < -0.3 is 15.0 Å². The van der Waals surface area contributed by atoms with Crippen LogP contribution in [0.2, 0.25) is 0 Å². The van der Waals surface area contributed by atoms with Crippen LogP contribution in [0.1, 0.15) is 24.7 Å². The molecule has 1 aliphatic heterocycles. The van der Waals surface area contributed by atoms with Gasteiger partial charge in [-0.1, -0.05) is 0 Å². The zero-order valence-electron chi connectivity index (χ0n) is 12.9. The summed E-state index contributed by atoms with van der Waals surface area (Å²) in [6, 6.07) is 4.15. The van der Waals surface area contributed by atoms with Gasteiger partial charge in [-0.15, -0.1) is 0 Å². The Morgan fingerprint density at radius 1 is 1.13 bits per heavy atom. The number of aromatic nitrogens is 5. The Hall–Kier alpha value is -2.54. The molecule has 7 nitrogen and oxygen atoms in total. The summed E-state index contributed by atoms with van der Waals surface area (Å²) < 4.78 is 7.65. The molecule has 4 heterocycles. The van der Waals surface area contributed by atoms with Gasteiger partial charge in [0.1, 0.15) is 17.0 Å². The molecule has 0 saturated carbocycles. The Kier molecular flexibility index (Phi) is 3.42. The molecule has 0 radical (unpaired) electrons. The van der Waals surface area contributed by atoms with Crippen LogP contribution in [-0.4, -0.2) is 37.7 Å². The second kappa shape index (κ2) is 5.58. The average Bonchev–Trinajstić information content (AvgIpc) is 2.91. The van der Waals surface area contributed by atoms with E-state index in [-0.39, 0.29) is 5.95 Å². The highest BCUT2D eigenvalue weighted by molar-refractivity contribution is 5.88. The normalized spacial score (nSPS) is 16.0. The van der Waals surface area contributed by atoms with Gasteiger partial charge in [0.25, 0.3) is 0 Å². The lowest BCUT2D eigenvalue weighted by molar-refractivity contribution is 0.0699. The fraction of sp³-hybridized carbons (Fsp3) is 0.375. The van der Waals surface area contributed by atoms with Crippen molar-refractivity contribution in [1.29, 1.82) is 0 Å². The minimum atomic E-state index is 0.262. The number of aryl methyl sites for hydroxylation is 1. The second-order valence-electron chi connectivity index (χ2n) is 5.71. The molecule has 1 aliphatic rings. The van der Waals surface area contributed by atoms with Gasteiger partial charge in [0.05, 0.1) is 0 Å². The highest BCUT2D eigenvalue weighted by Gasteiger charge is 2.23. The molecule has 3 aromatic rings. The van der Waals surface area contributed by atoms with Crippen LogP contribution in [0.15, 0.2) is 24.5 Å². The number of ether oxygens (including phenoxy) is 1. The summed E-state index contributed by atoms with van der Waals surface area (Å²) in [7, 11) is 0. The topological polar surface area (TPSA) is 91.7 Å². The van der Waals surface area contributed by atoms with Crippen LogP contribution in [0, 0.1) is 6.92 Å². The summed E-state index contributed by atoms with van der Waals surface area (Å²) in [4.78, 5) is 17.7. The third-order valence-corrected chi connectivity index (χ3v) is 4.24. The molecular weight excluding hydrogens is 292 g/mol. The first kappa shape index (κ1) is 14.1. The quantitative estimate of drug-likeness (QED) is 0.779. The van der Waals surface area contributed by atoms with E-state index in [1.807, 2.05) is 19.1 Å². The van der Waals surface area contributed by atoms with Crippen LogP contribution in [-0.2, 0) is 4.74 Å². The van der Waals surface area contributed by atoms with Gasteiger partial charge in [-0.3, -0.25) is 4.98 Å². The summed E-state index contributed by atoms with van der Waals surface area (Å²) in [5, 5.41) is 0. The predicted octanol–water partition coefficient (Wildman–Crippen LogP) is 2.13. The number of nitrogens with zero attached hydrogens (tertiary/aromatic N) is 5. The van der Waals surface area contributed by atoms with Crippen molar-refractivity contribution < 1.29 is 4.74 Å². The second-order valence-corrected chi connectivity index (χ2v) is 5.71. The van der Waals surface area contributed by atoms with Crippen LogP contribution >= 0.6 is 0 Å². The summed E-state index contributed by atoms with van der Waals surface area (Å²) >= 11 is 0. The van der Waals surface area contributed by atoms with Gasteiger partial charge in [-0.05, 0) is 31.9 Å². The molecule has 7 heteroatoms. The Morgan fingerprint density at radius 2 is 1.87 bits per heavy atom. The Labute approximate surface area is 133 Å². The van der Waals surface area contributed by atoms with Gasteiger partial charge in [0.2, 0.25) is 5.95 Å². The molecule has 23 heavy (non-hydrogen) atoms. The maximum Gasteiger partial charge on any atom is 0.222 e. The van der Waals surface area contributed by atoms with E-state index in [4.69, 9.17) is 15.5 Å². The van der Waals surface area contributed by atoms with E-state index in [1.165, 1.54) is 0 Å². The Bertz CT molecular complexity index is 839. The van der Waals surface area contributed by atoms with Crippen molar-refractivity contribution in [3.8, 4) is 11.3 Å².